The summed E-state index contributed by atoms with van der Waals surface area (Å²) in [4.78, 5) is 13.2. The molecule has 1 aromatic heterocycles. The van der Waals surface area contributed by atoms with Crippen molar-refractivity contribution in [3.05, 3.63) is 30.2 Å². The number of thiophene rings is 1. The van der Waals surface area contributed by atoms with Gasteiger partial charge in [-0.3, -0.25) is 9.69 Å². The van der Waals surface area contributed by atoms with Gasteiger partial charge in [-0.05, 0) is 18.4 Å². The molecule has 0 N–H and O–H groups in total. The van der Waals surface area contributed by atoms with Gasteiger partial charge in [0.15, 0.2) is 5.17 Å². The lowest BCUT2D eigenvalue weighted by molar-refractivity contribution is -0.125. The molecule has 2 heterocycles. The Kier molecular flexibility index (Phi) is 4.12. The minimum absolute atomic E-state index is 0.148. The van der Waals surface area contributed by atoms with E-state index >= 15 is 0 Å². The van der Waals surface area contributed by atoms with E-state index in [9.17, 15) is 13.2 Å². The van der Waals surface area contributed by atoms with Crippen molar-refractivity contribution in [2.75, 3.05) is 6.54 Å². The van der Waals surface area contributed by atoms with Gasteiger partial charge in [0.1, 0.15) is 4.21 Å². The highest BCUT2D eigenvalue weighted by Crippen LogP contribution is 2.29. The molecule has 1 amide bonds. The van der Waals surface area contributed by atoms with E-state index in [-0.39, 0.29) is 27.1 Å². The van der Waals surface area contributed by atoms with E-state index in [0.717, 1.165) is 23.1 Å². The van der Waals surface area contributed by atoms with Crippen molar-refractivity contribution in [2.45, 2.75) is 16.4 Å². The molecule has 8 heteroatoms. The topological polar surface area (TPSA) is 66.8 Å². The molecule has 0 bridgehead atoms. The zero-order valence-corrected chi connectivity index (χ0v) is 12.6. The Hall–Kier alpha value is -1.12. The van der Waals surface area contributed by atoms with Gasteiger partial charge in [-0.25, -0.2) is 0 Å². The molecule has 1 fully saturated rings. The number of hydrogen-bond donors (Lipinski definition) is 0. The Morgan fingerprint density at radius 2 is 2.32 bits per heavy atom. The fraction of sp³-hybridized carbons (Fsp3) is 0.273. The first-order valence-electron chi connectivity index (χ1n) is 5.43. The molecule has 1 atom stereocenters. The maximum absolute atomic E-state index is 12.1. The Labute approximate surface area is 120 Å². The Morgan fingerprint density at radius 3 is 2.89 bits per heavy atom. The molecule has 0 saturated carbocycles. The lowest BCUT2D eigenvalue weighted by Gasteiger charge is -2.12. The molecule has 19 heavy (non-hydrogen) atoms. The summed E-state index contributed by atoms with van der Waals surface area (Å²) < 4.78 is 28.1. The van der Waals surface area contributed by atoms with E-state index in [1.807, 2.05) is 0 Å². The molecule has 1 saturated heterocycles. The summed E-state index contributed by atoms with van der Waals surface area (Å²) in [5.41, 5.74) is 0. The highest BCUT2D eigenvalue weighted by atomic mass is 32.2. The highest BCUT2D eigenvalue weighted by molar-refractivity contribution is 8.16. The number of hydrogen-bond acceptors (Lipinski definition) is 5. The third-order valence-corrected chi connectivity index (χ3v) is 6.22. The van der Waals surface area contributed by atoms with Gasteiger partial charge in [0, 0.05) is 6.54 Å². The van der Waals surface area contributed by atoms with Gasteiger partial charge in [-0.2, -0.15) is 8.42 Å². The third kappa shape index (κ3) is 2.90. The van der Waals surface area contributed by atoms with Crippen molar-refractivity contribution in [2.24, 2.45) is 4.40 Å². The van der Waals surface area contributed by atoms with Crippen LogP contribution in [0.1, 0.15) is 6.92 Å². The van der Waals surface area contributed by atoms with Crippen molar-refractivity contribution in [1.29, 1.82) is 0 Å². The van der Waals surface area contributed by atoms with Crippen LogP contribution in [0.25, 0.3) is 0 Å². The molecule has 102 valence electrons. The second kappa shape index (κ2) is 5.48. The summed E-state index contributed by atoms with van der Waals surface area (Å²) in [5.74, 6) is -0.148. The number of amides is 1. The largest absolute Gasteiger partial charge is 0.294 e. The molecule has 1 unspecified atom stereocenters. The average Bonchev–Trinajstić information content (AvgIpc) is 2.95. The molecular formula is C11H12N2O3S3. The van der Waals surface area contributed by atoms with E-state index in [0.29, 0.717) is 0 Å². The van der Waals surface area contributed by atoms with Crippen LogP contribution < -0.4 is 0 Å². The number of rotatable bonds is 4. The van der Waals surface area contributed by atoms with Gasteiger partial charge in [0.25, 0.3) is 10.0 Å². The fourth-order valence-electron chi connectivity index (χ4n) is 1.51. The summed E-state index contributed by atoms with van der Waals surface area (Å²) in [6, 6.07) is 3.14. The van der Waals surface area contributed by atoms with Crippen LogP contribution in [0, 0.1) is 0 Å². The fourth-order valence-corrected chi connectivity index (χ4v) is 4.67. The Bertz CT molecular complexity index is 620. The van der Waals surface area contributed by atoms with Crippen LogP contribution in [-0.4, -0.2) is 36.2 Å². The normalized spacial score (nSPS) is 22.2. The minimum Gasteiger partial charge on any atom is -0.286 e. The molecule has 1 aliphatic heterocycles. The summed E-state index contributed by atoms with van der Waals surface area (Å²) >= 11 is 2.25. The van der Waals surface area contributed by atoms with E-state index in [1.54, 1.807) is 24.4 Å². The highest BCUT2D eigenvalue weighted by Gasteiger charge is 2.35. The van der Waals surface area contributed by atoms with E-state index in [2.05, 4.69) is 11.0 Å². The van der Waals surface area contributed by atoms with E-state index < -0.39 is 10.0 Å². The first-order valence-corrected chi connectivity index (χ1v) is 8.63. The number of thioether (sulfide) groups is 1. The van der Waals surface area contributed by atoms with Crippen LogP contribution in [-0.2, 0) is 14.8 Å². The molecule has 1 aliphatic rings. The lowest BCUT2D eigenvalue weighted by Crippen LogP contribution is -2.31. The standard InChI is InChI=1S/C11H12N2O3S3/c1-3-6-13-10(14)8(2)18-11(13)12-19(15,16)9-5-4-7-17-9/h3-5,7-8H,1,6H2,2H3/b12-11+. The summed E-state index contributed by atoms with van der Waals surface area (Å²) in [6.07, 6.45) is 1.55. The van der Waals surface area contributed by atoms with Gasteiger partial charge in [-0.1, -0.05) is 23.9 Å². The van der Waals surface area contributed by atoms with Crippen molar-refractivity contribution in [3.63, 3.8) is 0 Å². The van der Waals surface area contributed by atoms with Crippen molar-refractivity contribution < 1.29 is 13.2 Å². The van der Waals surface area contributed by atoms with Crippen molar-refractivity contribution in [3.8, 4) is 0 Å². The molecule has 0 aliphatic carbocycles. The number of carbonyl (C=O) groups excluding carboxylic acids is 1. The summed E-state index contributed by atoms with van der Waals surface area (Å²) in [7, 11) is -3.74. The van der Waals surface area contributed by atoms with Gasteiger partial charge >= 0.3 is 0 Å². The number of nitrogens with zero attached hydrogens (tertiary/aromatic N) is 2. The SMILES string of the molecule is C=CCN1C(=O)C(C)S/C1=N/S(=O)(=O)c1cccs1. The van der Waals surface area contributed by atoms with Crippen molar-refractivity contribution in [1.82, 2.24) is 4.90 Å². The third-order valence-electron chi connectivity index (χ3n) is 2.39. The van der Waals surface area contributed by atoms with Crippen molar-refractivity contribution >= 4 is 44.2 Å². The number of sulfonamides is 1. The summed E-state index contributed by atoms with van der Waals surface area (Å²) in [5, 5.41) is 1.56. The average molecular weight is 316 g/mol. The van der Waals surface area contributed by atoms with Gasteiger partial charge < -0.3 is 0 Å². The number of amidine groups is 1. The van der Waals surface area contributed by atoms with Gasteiger partial charge in [0.05, 0.1) is 5.25 Å². The molecule has 0 spiro atoms. The molecule has 5 nitrogen and oxygen atoms in total. The van der Waals surface area contributed by atoms with Crippen LogP contribution in [0.4, 0.5) is 0 Å². The van der Waals surface area contributed by atoms with Crippen LogP contribution in [0.2, 0.25) is 0 Å². The molecule has 2 rings (SSSR count). The first-order chi connectivity index (χ1) is 8.95. The monoisotopic (exact) mass is 316 g/mol. The summed E-state index contributed by atoms with van der Waals surface area (Å²) in [6.45, 7) is 5.54. The van der Waals surface area contributed by atoms with Gasteiger partial charge in [0.2, 0.25) is 5.91 Å². The molecule has 0 aromatic carbocycles. The second-order valence-corrected chi connectivity index (χ2v) is 7.87. The van der Waals surface area contributed by atoms with Gasteiger partial charge in [-0.15, -0.1) is 22.3 Å². The Balaban J connectivity index is 2.37. The molecule has 0 radical (unpaired) electrons. The maximum Gasteiger partial charge on any atom is 0.294 e. The predicted molar refractivity (Wildman–Crippen MR) is 77.9 cm³/mol. The smallest absolute Gasteiger partial charge is 0.286 e. The quantitative estimate of drug-likeness (QED) is 0.796. The maximum atomic E-state index is 12.1. The Morgan fingerprint density at radius 1 is 1.58 bits per heavy atom. The molecular weight excluding hydrogens is 304 g/mol. The zero-order valence-electron chi connectivity index (χ0n) is 10.1. The second-order valence-electron chi connectivity index (χ2n) is 3.78. The van der Waals surface area contributed by atoms with E-state index in [1.165, 1.54) is 11.0 Å². The van der Waals surface area contributed by atoms with Crippen LogP contribution in [0.15, 0.2) is 38.8 Å². The first kappa shape index (κ1) is 14.3. The van der Waals surface area contributed by atoms with Crippen LogP contribution in [0.3, 0.4) is 0 Å². The number of carbonyl (C=O) groups is 1. The molecule has 1 aromatic rings. The predicted octanol–water partition coefficient (Wildman–Crippen LogP) is 1.94. The van der Waals surface area contributed by atoms with E-state index in [4.69, 9.17) is 0 Å². The minimum atomic E-state index is -3.74. The zero-order chi connectivity index (χ0) is 14.0. The lowest BCUT2D eigenvalue weighted by atomic mass is 10.4. The van der Waals surface area contributed by atoms with Crippen LogP contribution >= 0.6 is 23.1 Å². The van der Waals surface area contributed by atoms with Crippen LogP contribution in [0.5, 0.6) is 0 Å².